The summed E-state index contributed by atoms with van der Waals surface area (Å²) in [4.78, 5) is 3.12. The molecule has 1 N–H and O–H groups in total. The van der Waals surface area contributed by atoms with Crippen molar-refractivity contribution >= 4 is 33.1 Å². The van der Waals surface area contributed by atoms with Crippen LogP contribution in [0.1, 0.15) is 20.3 Å². The van der Waals surface area contributed by atoms with Gasteiger partial charge in [-0.1, -0.05) is 19.9 Å². The molecule has 0 unspecified atom stereocenters. The minimum absolute atomic E-state index is 0.0881. The standard InChI is InChI=1S/C14H20N2O3S2/c1-3-9-19-12-7-5-6-11-13(12)15-14(20)16(11)8-10-21(17,18)4-2/h5-7H,3-4,8-10H2,1-2H3,(H,15,20). The Labute approximate surface area is 129 Å². The fourth-order valence-corrected chi connectivity index (χ4v) is 3.12. The van der Waals surface area contributed by atoms with E-state index in [9.17, 15) is 8.42 Å². The molecule has 0 aliphatic rings. The molecule has 0 aliphatic heterocycles. The zero-order valence-electron chi connectivity index (χ0n) is 12.3. The number of para-hydroxylation sites is 1. The summed E-state index contributed by atoms with van der Waals surface area (Å²) in [6, 6.07) is 5.69. The summed E-state index contributed by atoms with van der Waals surface area (Å²) < 4.78 is 31.4. The van der Waals surface area contributed by atoms with Gasteiger partial charge in [0.25, 0.3) is 0 Å². The number of rotatable bonds is 7. The van der Waals surface area contributed by atoms with Gasteiger partial charge in [0.2, 0.25) is 0 Å². The normalized spacial score (nSPS) is 11.9. The second-order valence-electron chi connectivity index (χ2n) is 4.82. The average Bonchev–Trinajstić information content (AvgIpc) is 2.79. The minimum Gasteiger partial charge on any atom is -0.491 e. The maximum atomic E-state index is 11.7. The second kappa shape index (κ2) is 6.62. The van der Waals surface area contributed by atoms with Gasteiger partial charge >= 0.3 is 0 Å². The van der Waals surface area contributed by atoms with E-state index >= 15 is 0 Å². The molecule has 116 valence electrons. The molecule has 1 heterocycles. The fraction of sp³-hybridized carbons (Fsp3) is 0.500. The van der Waals surface area contributed by atoms with E-state index in [1.807, 2.05) is 29.7 Å². The van der Waals surface area contributed by atoms with E-state index < -0.39 is 9.84 Å². The van der Waals surface area contributed by atoms with Crippen LogP contribution in [0.2, 0.25) is 0 Å². The molecular formula is C14H20N2O3S2. The molecule has 0 bridgehead atoms. The van der Waals surface area contributed by atoms with Gasteiger partial charge in [0.05, 0.1) is 17.9 Å². The van der Waals surface area contributed by atoms with Crippen LogP contribution in [0.4, 0.5) is 0 Å². The third kappa shape index (κ3) is 3.65. The number of nitrogens with zero attached hydrogens (tertiary/aromatic N) is 1. The number of ether oxygens (including phenoxy) is 1. The number of H-pyrrole nitrogens is 1. The van der Waals surface area contributed by atoms with E-state index in [4.69, 9.17) is 17.0 Å². The van der Waals surface area contributed by atoms with E-state index in [2.05, 4.69) is 4.98 Å². The maximum Gasteiger partial charge on any atom is 0.178 e. The van der Waals surface area contributed by atoms with Gasteiger partial charge in [0, 0.05) is 12.3 Å². The Hall–Kier alpha value is -1.34. The molecule has 7 heteroatoms. The van der Waals surface area contributed by atoms with Gasteiger partial charge in [0.1, 0.15) is 11.3 Å². The third-order valence-electron chi connectivity index (χ3n) is 3.30. The molecule has 2 aromatic rings. The van der Waals surface area contributed by atoms with Gasteiger partial charge in [-0.25, -0.2) is 8.42 Å². The molecule has 5 nitrogen and oxygen atoms in total. The molecule has 2 rings (SSSR count). The summed E-state index contributed by atoms with van der Waals surface area (Å²) in [5.74, 6) is 0.982. The van der Waals surface area contributed by atoms with E-state index in [0.717, 1.165) is 23.2 Å². The van der Waals surface area contributed by atoms with Crippen molar-refractivity contribution in [3.63, 3.8) is 0 Å². The maximum absolute atomic E-state index is 11.7. The number of fused-ring (bicyclic) bond motifs is 1. The largest absolute Gasteiger partial charge is 0.491 e. The molecule has 0 atom stereocenters. The van der Waals surface area contributed by atoms with Gasteiger partial charge in [-0.15, -0.1) is 0 Å². The lowest BCUT2D eigenvalue weighted by atomic mass is 10.3. The van der Waals surface area contributed by atoms with Crippen LogP contribution in [-0.4, -0.2) is 36.1 Å². The summed E-state index contributed by atoms with van der Waals surface area (Å²) in [7, 11) is -3.02. The second-order valence-corrected chi connectivity index (χ2v) is 7.68. The molecule has 0 aliphatic carbocycles. The van der Waals surface area contributed by atoms with Crippen LogP contribution in [0.25, 0.3) is 11.0 Å². The Balaban J connectivity index is 2.37. The van der Waals surface area contributed by atoms with Crippen molar-refractivity contribution in [2.75, 3.05) is 18.1 Å². The van der Waals surface area contributed by atoms with Crippen LogP contribution < -0.4 is 4.74 Å². The summed E-state index contributed by atoms with van der Waals surface area (Å²) in [5, 5.41) is 0. The number of hydrogen-bond acceptors (Lipinski definition) is 4. The number of aromatic amines is 1. The van der Waals surface area contributed by atoms with Gasteiger partial charge in [-0.3, -0.25) is 0 Å². The molecule has 0 amide bonds. The molecule has 1 aromatic heterocycles. The number of aromatic nitrogens is 2. The fourth-order valence-electron chi connectivity index (χ4n) is 2.08. The Kier molecular flexibility index (Phi) is 5.05. The Morgan fingerprint density at radius 1 is 1.33 bits per heavy atom. The zero-order chi connectivity index (χ0) is 15.5. The first-order chi connectivity index (χ1) is 9.98. The van der Waals surface area contributed by atoms with Gasteiger partial charge in [-0.2, -0.15) is 0 Å². The van der Waals surface area contributed by atoms with E-state index in [0.29, 0.717) is 17.9 Å². The van der Waals surface area contributed by atoms with Gasteiger partial charge < -0.3 is 14.3 Å². The van der Waals surface area contributed by atoms with Crippen molar-refractivity contribution in [1.82, 2.24) is 9.55 Å². The number of hydrogen-bond donors (Lipinski definition) is 1. The predicted octanol–water partition coefficient (Wildman–Crippen LogP) is 2.92. The first kappa shape index (κ1) is 16.0. The molecule has 1 aromatic carbocycles. The predicted molar refractivity (Wildman–Crippen MR) is 87.2 cm³/mol. The lowest BCUT2D eigenvalue weighted by molar-refractivity contribution is 0.320. The van der Waals surface area contributed by atoms with Crippen molar-refractivity contribution < 1.29 is 13.2 Å². The summed E-state index contributed by atoms with van der Waals surface area (Å²) >= 11 is 5.31. The van der Waals surface area contributed by atoms with E-state index in [1.165, 1.54) is 0 Å². The topological polar surface area (TPSA) is 64.1 Å². The first-order valence-electron chi connectivity index (χ1n) is 7.03. The molecule has 21 heavy (non-hydrogen) atoms. The molecular weight excluding hydrogens is 308 g/mol. The monoisotopic (exact) mass is 328 g/mol. The van der Waals surface area contributed by atoms with Crippen molar-refractivity contribution in [2.45, 2.75) is 26.8 Å². The van der Waals surface area contributed by atoms with Crippen LogP contribution in [0.5, 0.6) is 5.75 Å². The Morgan fingerprint density at radius 3 is 2.76 bits per heavy atom. The molecule has 0 spiro atoms. The highest BCUT2D eigenvalue weighted by Gasteiger charge is 2.12. The van der Waals surface area contributed by atoms with Crippen LogP contribution in [0, 0.1) is 4.77 Å². The highest BCUT2D eigenvalue weighted by Crippen LogP contribution is 2.25. The molecule has 0 radical (unpaired) electrons. The highest BCUT2D eigenvalue weighted by atomic mass is 32.2. The molecule has 0 saturated heterocycles. The molecule has 0 fully saturated rings. The third-order valence-corrected chi connectivity index (χ3v) is 5.31. The lowest BCUT2D eigenvalue weighted by Crippen LogP contribution is -2.14. The highest BCUT2D eigenvalue weighted by molar-refractivity contribution is 7.91. The summed E-state index contributed by atoms with van der Waals surface area (Å²) in [5.41, 5.74) is 1.70. The number of aryl methyl sites for hydroxylation is 1. The number of nitrogens with one attached hydrogen (secondary N) is 1. The van der Waals surface area contributed by atoms with E-state index in [-0.39, 0.29) is 11.5 Å². The van der Waals surface area contributed by atoms with E-state index in [1.54, 1.807) is 6.92 Å². The average molecular weight is 328 g/mol. The molecule has 0 saturated carbocycles. The lowest BCUT2D eigenvalue weighted by Gasteiger charge is -2.07. The van der Waals surface area contributed by atoms with Crippen molar-refractivity contribution in [3.05, 3.63) is 23.0 Å². The summed E-state index contributed by atoms with van der Waals surface area (Å²) in [6.45, 7) is 4.69. The first-order valence-corrected chi connectivity index (χ1v) is 9.26. The SMILES string of the molecule is CCCOc1cccc2c1[nH]c(=S)n2CCS(=O)(=O)CC. The van der Waals surface area contributed by atoms with Crippen molar-refractivity contribution in [2.24, 2.45) is 0 Å². The van der Waals surface area contributed by atoms with Crippen molar-refractivity contribution in [1.29, 1.82) is 0 Å². The number of imidazole rings is 1. The number of benzene rings is 1. The quantitative estimate of drug-likeness (QED) is 0.794. The van der Waals surface area contributed by atoms with Crippen LogP contribution in [-0.2, 0) is 16.4 Å². The Morgan fingerprint density at radius 2 is 2.10 bits per heavy atom. The van der Waals surface area contributed by atoms with Gasteiger partial charge in [-0.05, 0) is 30.8 Å². The zero-order valence-corrected chi connectivity index (χ0v) is 13.9. The minimum atomic E-state index is -3.02. The van der Waals surface area contributed by atoms with Gasteiger partial charge in [0.15, 0.2) is 14.6 Å². The van der Waals surface area contributed by atoms with Crippen LogP contribution in [0.3, 0.4) is 0 Å². The smallest absolute Gasteiger partial charge is 0.178 e. The van der Waals surface area contributed by atoms with Crippen LogP contribution in [0.15, 0.2) is 18.2 Å². The van der Waals surface area contributed by atoms with Crippen LogP contribution >= 0.6 is 12.2 Å². The summed E-state index contributed by atoms with van der Waals surface area (Å²) in [6.07, 6.45) is 0.923. The Bertz CT molecular complexity index is 775. The number of sulfone groups is 1. The van der Waals surface area contributed by atoms with Crippen molar-refractivity contribution in [3.8, 4) is 5.75 Å².